The molecule has 148 valence electrons. The molecule has 2 atom stereocenters. The average molecular weight is 364 g/mol. The lowest BCUT2D eigenvalue weighted by Crippen LogP contribution is -2.11. The number of ether oxygens (including phenoxy) is 2. The molecule has 0 radical (unpaired) electrons. The van der Waals surface area contributed by atoms with Crippen molar-refractivity contribution in [2.45, 2.75) is 52.1 Å². The van der Waals surface area contributed by atoms with Gasteiger partial charge >= 0.3 is 12.3 Å². The van der Waals surface area contributed by atoms with E-state index in [2.05, 4.69) is 19.2 Å². The first-order valence-corrected chi connectivity index (χ1v) is 6.66. The summed E-state index contributed by atoms with van der Waals surface area (Å²) in [6, 6.07) is 0. The lowest BCUT2D eigenvalue weighted by atomic mass is 10.3. The highest BCUT2D eigenvalue weighted by Crippen LogP contribution is 1.99. The van der Waals surface area contributed by atoms with E-state index in [1.54, 1.807) is 0 Å². The van der Waals surface area contributed by atoms with Crippen LogP contribution in [0.15, 0.2) is 0 Å². The number of carboxylic acid groups (broad SMARTS) is 4. The molecule has 2 unspecified atom stereocenters. The Kier molecular flexibility index (Phi) is 33.0. The third-order valence-electron chi connectivity index (χ3n) is 1.81. The highest BCUT2D eigenvalue weighted by atomic mass is 17.1. The summed E-state index contributed by atoms with van der Waals surface area (Å²) >= 11 is 0. The molecule has 0 spiro atoms. The fourth-order valence-electron chi connectivity index (χ4n) is 0.899. The van der Waals surface area contributed by atoms with Crippen LogP contribution < -0.4 is 0 Å². The van der Waals surface area contributed by atoms with Gasteiger partial charge in [0.2, 0.25) is 0 Å². The van der Waals surface area contributed by atoms with Crippen LogP contribution in [0.3, 0.4) is 0 Å². The summed E-state index contributed by atoms with van der Waals surface area (Å²) in [6.45, 7) is 3.98. The Labute approximate surface area is 139 Å². The first-order chi connectivity index (χ1) is 11.2. The van der Waals surface area contributed by atoms with Crippen molar-refractivity contribution in [1.82, 2.24) is 0 Å². The van der Waals surface area contributed by atoms with E-state index in [4.69, 9.17) is 40.5 Å². The normalized spacial score (nSPS) is 11.2. The molecule has 0 aromatic carbocycles. The van der Waals surface area contributed by atoms with Gasteiger partial charge in [0.05, 0.1) is 0 Å². The van der Waals surface area contributed by atoms with Crippen LogP contribution in [0.25, 0.3) is 0 Å². The van der Waals surface area contributed by atoms with E-state index >= 15 is 0 Å². The van der Waals surface area contributed by atoms with Gasteiger partial charge < -0.3 is 29.9 Å². The molecule has 0 aromatic heterocycles. The van der Waals surface area contributed by atoms with Gasteiger partial charge in [-0.15, -0.1) is 0 Å². The van der Waals surface area contributed by atoms with Crippen molar-refractivity contribution >= 4 is 12.3 Å². The minimum atomic E-state index is -1.83. The van der Waals surface area contributed by atoms with Gasteiger partial charge in [-0.25, -0.2) is 29.9 Å². The summed E-state index contributed by atoms with van der Waals surface area (Å²) in [6.07, 6.45) is -1.21. The predicted molar refractivity (Wildman–Crippen MR) is 80.1 cm³/mol. The number of rotatable bonds is 8. The third-order valence-corrected chi connectivity index (χ3v) is 1.81. The van der Waals surface area contributed by atoms with Crippen LogP contribution in [0.5, 0.6) is 0 Å². The van der Waals surface area contributed by atoms with E-state index in [9.17, 15) is 0 Å². The van der Waals surface area contributed by atoms with Gasteiger partial charge in [0, 0.05) is 27.1 Å². The van der Waals surface area contributed by atoms with Gasteiger partial charge in [0.1, 0.15) is 0 Å². The van der Waals surface area contributed by atoms with E-state index in [1.807, 2.05) is 13.8 Å². The van der Waals surface area contributed by atoms with Crippen molar-refractivity contribution in [2.24, 2.45) is 0 Å². The van der Waals surface area contributed by atoms with Gasteiger partial charge in [-0.3, -0.25) is 0 Å². The summed E-state index contributed by atoms with van der Waals surface area (Å²) in [7, 11) is 2.99. The monoisotopic (exact) mass is 364 g/mol. The summed E-state index contributed by atoms with van der Waals surface area (Å²) in [5.41, 5.74) is 0. The smallest absolute Gasteiger partial charge is 0.450 e. The molecule has 12 nitrogen and oxygen atoms in total. The Morgan fingerprint density at radius 2 is 0.958 bits per heavy atom. The topological polar surface area (TPSA) is 192 Å². The molecule has 0 saturated carbocycles. The van der Waals surface area contributed by atoms with Crippen molar-refractivity contribution in [1.29, 1.82) is 0 Å². The number of hydrogen-bond donors (Lipinski definition) is 6. The molecule has 6 N–H and O–H groups in total. The molecule has 12 heteroatoms. The summed E-state index contributed by atoms with van der Waals surface area (Å²) in [5.74, 6) is 0. The largest absolute Gasteiger partial charge is 0.503 e. The first-order valence-electron chi connectivity index (χ1n) is 6.66. The van der Waals surface area contributed by atoms with Crippen LogP contribution in [0, 0.1) is 0 Å². The highest BCUT2D eigenvalue weighted by molar-refractivity contribution is 5.53. The summed E-state index contributed by atoms with van der Waals surface area (Å²) < 4.78 is 9.34. The molecule has 0 bridgehead atoms. The molecule has 0 aliphatic carbocycles. The number of carbonyl (C=O) groups is 2. The standard InChI is InChI=1S/2C5H12O3.2CH2O3/c2*1-3-4-5(7-2)8-6;2*2-1(3)4/h2*5-6H,3-4H2,1-2H3;2*(H2,2,3,4). The predicted octanol–water partition coefficient (Wildman–Crippen LogP) is 2.94. The van der Waals surface area contributed by atoms with Gasteiger partial charge in [-0.1, -0.05) is 26.7 Å². The maximum absolute atomic E-state index is 8.56. The molecule has 0 heterocycles. The quantitative estimate of drug-likeness (QED) is 0.210. The average Bonchev–Trinajstić information content (AvgIpc) is 2.49. The zero-order valence-electron chi connectivity index (χ0n) is 14.1. The molecule has 24 heavy (non-hydrogen) atoms. The molecule has 0 amide bonds. The second-order valence-corrected chi connectivity index (χ2v) is 3.68. The maximum atomic E-state index is 8.56. The van der Waals surface area contributed by atoms with Gasteiger partial charge in [0.15, 0.2) is 12.6 Å². The van der Waals surface area contributed by atoms with E-state index in [0.29, 0.717) is 0 Å². The Morgan fingerprint density at radius 3 is 1.00 bits per heavy atom. The zero-order valence-corrected chi connectivity index (χ0v) is 14.1. The maximum Gasteiger partial charge on any atom is 0.503 e. The van der Waals surface area contributed by atoms with Crippen LogP contribution in [0.2, 0.25) is 0 Å². The van der Waals surface area contributed by atoms with Gasteiger partial charge in [-0.2, -0.15) is 0 Å². The molecule has 0 fully saturated rings. The van der Waals surface area contributed by atoms with Crippen LogP contribution in [0.1, 0.15) is 39.5 Å². The molecule has 0 aliphatic heterocycles. The summed E-state index contributed by atoms with van der Waals surface area (Å²) in [5, 5.41) is 44.0. The third kappa shape index (κ3) is 50.0. The Bertz CT molecular complexity index is 218. The second-order valence-electron chi connectivity index (χ2n) is 3.68. The van der Waals surface area contributed by atoms with Gasteiger partial charge in [-0.05, 0) is 0 Å². The fourth-order valence-corrected chi connectivity index (χ4v) is 0.899. The van der Waals surface area contributed by atoms with Crippen molar-refractivity contribution in [2.75, 3.05) is 14.2 Å². The van der Waals surface area contributed by atoms with Gasteiger partial charge in [0.25, 0.3) is 0 Å². The fraction of sp³-hybridized carbons (Fsp3) is 0.833. The van der Waals surface area contributed by atoms with E-state index in [0.717, 1.165) is 25.7 Å². The number of methoxy groups -OCH3 is 2. The Hall–Kier alpha value is -1.70. The highest BCUT2D eigenvalue weighted by Gasteiger charge is 2.02. The van der Waals surface area contributed by atoms with Crippen molar-refractivity contribution < 1.29 is 59.8 Å². The van der Waals surface area contributed by atoms with E-state index in [1.165, 1.54) is 14.2 Å². The minimum Gasteiger partial charge on any atom is -0.450 e. The lowest BCUT2D eigenvalue weighted by Gasteiger charge is -2.07. The Morgan fingerprint density at radius 1 is 0.750 bits per heavy atom. The van der Waals surface area contributed by atoms with Crippen LogP contribution in [-0.2, 0) is 19.2 Å². The van der Waals surface area contributed by atoms with Crippen molar-refractivity contribution in [3.05, 3.63) is 0 Å². The summed E-state index contributed by atoms with van der Waals surface area (Å²) in [4.78, 5) is 24.9. The zero-order chi connectivity index (χ0) is 20.0. The molecule has 0 aromatic rings. The van der Waals surface area contributed by atoms with Crippen LogP contribution in [0.4, 0.5) is 9.59 Å². The lowest BCUT2D eigenvalue weighted by molar-refractivity contribution is -0.341. The van der Waals surface area contributed by atoms with E-state index in [-0.39, 0.29) is 0 Å². The molecular weight excluding hydrogens is 336 g/mol. The van der Waals surface area contributed by atoms with Crippen molar-refractivity contribution in [3.8, 4) is 0 Å². The van der Waals surface area contributed by atoms with E-state index < -0.39 is 24.9 Å². The van der Waals surface area contributed by atoms with Crippen LogP contribution >= 0.6 is 0 Å². The van der Waals surface area contributed by atoms with Crippen LogP contribution in [-0.4, -0.2) is 70.1 Å². The molecular formula is C12H28O12. The SMILES string of the molecule is CCCC(OC)OO.CCCC(OC)OO.O=C(O)O.O=C(O)O. The second kappa shape index (κ2) is 26.2. The molecule has 0 saturated heterocycles. The van der Waals surface area contributed by atoms with Crippen molar-refractivity contribution in [3.63, 3.8) is 0 Å². The first kappa shape index (κ1) is 30.2. The molecule has 0 rings (SSSR count). The minimum absolute atomic E-state index is 0.444. The Balaban J connectivity index is -0.000000117. The number of hydrogen-bond acceptors (Lipinski definition) is 8. The molecule has 0 aliphatic rings.